The van der Waals surface area contributed by atoms with Gasteiger partial charge in [-0.3, -0.25) is 0 Å². The van der Waals surface area contributed by atoms with Crippen molar-refractivity contribution in [2.75, 3.05) is 5.73 Å². The Kier molecular flexibility index (Phi) is 4.17. The van der Waals surface area contributed by atoms with Crippen LogP contribution in [-0.2, 0) is 12.0 Å². The molecule has 94 valence electrons. The molecule has 1 rings (SSSR count). The van der Waals surface area contributed by atoms with Crippen LogP contribution in [0, 0.1) is 11.3 Å². The molecule has 4 nitrogen and oxygen atoms in total. The minimum Gasteiger partial charge on any atom is -0.383 e. The highest BCUT2D eigenvalue weighted by atomic mass is 15.3. The lowest BCUT2D eigenvalue weighted by Crippen LogP contribution is -2.14. The van der Waals surface area contributed by atoms with E-state index in [4.69, 9.17) is 11.0 Å². The molecule has 0 bridgehead atoms. The minimum absolute atomic E-state index is 0.144. The summed E-state index contributed by atoms with van der Waals surface area (Å²) < 4.78 is 1.77. The standard InChI is InChI=1S/C13H22N4/c1-5-6-7-8-17-12(15)10(9-14)11(16-17)13(2,3)4/h5-8,15H2,1-4H3. The van der Waals surface area contributed by atoms with Crippen molar-refractivity contribution in [3.8, 4) is 6.07 Å². The Balaban J connectivity index is 3.02. The molecule has 0 aliphatic carbocycles. The Labute approximate surface area is 103 Å². The highest BCUT2D eigenvalue weighted by Crippen LogP contribution is 2.28. The van der Waals surface area contributed by atoms with Gasteiger partial charge in [-0.15, -0.1) is 0 Å². The van der Waals surface area contributed by atoms with E-state index in [9.17, 15) is 0 Å². The lowest BCUT2D eigenvalue weighted by molar-refractivity contribution is 0.515. The molecule has 1 aromatic rings. The van der Waals surface area contributed by atoms with Crippen molar-refractivity contribution in [3.05, 3.63) is 11.3 Å². The molecule has 0 saturated carbocycles. The van der Waals surface area contributed by atoms with Gasteiger partial charge in [0, 0.05) is 12.0 Å². The van der Waals surface area contributed by atoms with E-state index in [2.05, 4.69) is 18.1 Å². The summed E-state index contributed by atoms with van der Waals surface area (Å²) in [7, 11) is 0. The van der Waals surface area contributed by atoms with Gasteiger partial charge in [0.15, 0.2) is 0 Å². The van der Waals surface area contributed by atoms with Gasteiger partial charge in [0.2, 0.25) is 0 Å². The van der Waals surface area contributed by atoms with E-state index in [1.807, 2.05) is 20.8 Å². The Morgan fingerprint density at radius 2 is 2.00 bits per heavy atom. The summed E-state index contributed by atoms with van der Waals surface area (Å²) in [5.41, 5.74) is 7.16. The van der Waals surface area contributed by atoms with Crippen LogP contribution in [0.1, 0.15) is 58.2 Å². The second-order valence-electron chi connectivity index (χ2n) is 5.40. The number of aryl methyl sites for hydroxylation is 1. The van der Waals surface area contributed by atoms with Crippen LogP contribution in [0.3, 0.4) is 0 Å². The van der Waals surface area contributed by atoms with Gasteiger partial charge in [-0.05, 0) is 6.42 Å². The highest BCUT2D eigenvalue weighted by molar-refractivity contribution is 5.53. The first kappa shape index (κ1) is 13.6. The molecule has 1 heterocycles. The zero-order valence-electron chi connectivity index (χ0n) is 11.2. The molecule has 1 aromatic heterocycles. The molecule has 0 aliphatic heterocycles. The summed E-state index contributed by atoms with van der Waals surface area (Å²) in [5.74, 6) is 0.508. The van der Waals surface area contributed by atoms with Gasteiger partial charge in [-0.1, -0.05) is 40.5 Å². The number of unbranched alkanes of at least 4 members (excludes halogenated alkanes) is 2. The van der Waals surface area contributed by atoms with Gasteiger partial charge in [-0.25, -0.2) is 4.68 Å². The third-order valence-corrected chi connectivity index (χ3v) is 2.79. The van der Waals surface area contributed by atoms with E-state index in [1.54, 1.807) is 4.68 Å². The zero-order valence-corrected chi connectivity index (χ0v) is 11.2. The molecule has 0 spiro atoms. The fraction of sp³-hybridized carbons (Fsp3) is 0.692. The Hall–Kier alpha value is -1.50. The molecule has 0 unspecified atom stereocenters. The van der Waals surface area contributed by atoms with E-state index in [-0.39, 0.29) is 5.41 Å². The SMILES string of the molecule is CCCCCn1nc(C(C)(C)C)c(C#N)c1N. The number of rotatable bonds is 4. The maximum atomic E-state index is 9.16. The van der Waals surface area contributed by atoms with Crippen molar-refractivity contribution in [2.45, 2.75) is 58.9 Å². The van der Waals surface area contributed by atoms with E-state index in [1.165, 1.54) is 6.42 Å². The third kappa shape index (κ3) is 3.00. The molecule has 0 amide bonds. The van der Waals surface area contributed by atoms with Crippen LogP contribution in [0.4, 0.5) is 5.82 Å². The zero-order chi connectivity index (χ0) is 13.1. The van der Waals surface area contributed by atoms with E-state index < -0.39 is 0 Å². The maximum Gasteiger partial charge on any atom is 0.140 e. The molecule has 17 heavy (non-hydrogen) atoms. The van der Waals surface area contributed by atoms with E-state index >= 15 is 0 Å². The molecular weight excluding hydrogens is 212 g/mol. The quantitative estimate of drug-likeness (QED) is 0.814. The topological polar surface area (TPSA) is 67.6 Å². The number of aromatic nitrogens is 2. The highest BCUT2D eigenvalue weighted by Gasteiger charge is 2.25. The lowest BCUT2D eigenvalue weighted by atomic mass is 9.90. The number of anilines is 1. The normalized spacial score (nSPS) is 11.5. The van der Waals surface area contributed by atoms with Crippen LogP contribution in [0.15, 0.2) is 0 Å². The van der Waals surface area contributed by atoms with Crippen molar-refractivity contribution in [2.24, 2.45) is 0 Å². The first-order chi connectivity index (χ1) is 7.91. The Morgan fingerprint density at radius 1 is 1.35 bits per heavy atom. The number of nitrogens with two attached hydrogens (primary N) is 1. The number of nitrogens with zero attached hydrogens (tertiary/aromatic N) is 3. The lowest BCUT2D eigenvalue weighted by Gasteiger charge is -2.15. The Bertz CT molecular complexity index is 418. The molecule has 0 radical (unpaired) electrons. The average molecular weight is 234 g/mol. The fourth-order valence-electron chi connectivity index (χ4n) is 1.79. The molecule has 2 N–H and O–H groups in total. The smallest absolute Gasteiger partial charge is 0.140 e. The molecule has 0 aliphatic rings. The van der Waals surface area contributed by atoms with Crippen molar-refractivity contribution in [3.63, 3.8) is 0 Å². The van der Waals surface area contributed by atoms with Crippen molar-refractivity contribution < 1.29 is 0 Å². The van der Waals surface area contributed by atoms with E-state index in [0.29, 0.717) is 11.4 Å². The fourth-order valence-corrected chi connectivity index (χ4v) is 1.79. The summed E-state index contributed by atoms with van der Waals surface area (Å²) in [6.07, 6.45) is 3.38. The molecule has 0 aromatic carbocycles. The van der Waals surface area contributed by atoms with Gasteiger partial charge in [-0.2, -0.15) is 10.4 Å². The van der Waals surface area contributed by atoms with Crippen molar-refractivity contribution >= 4 is 5.82 Å². The van der Waals surface area contributed by atoms with Crippen LogP contribution >= 0.6 is 0 Å². The van der Waals surface area contributed by atoms with Crippen LogP contribution < -0.4 is 5.73 Å². The van der Waals surface area contributed by atoms with Crippen LogP contribution in [0.25, 0.3) is 0 Å². The molecule has 0 saturated heterocycles. The average Bonchev–Trinajstić information content (AvgIpc) is 2.56. The third-order valence-electron chi connectivity index (χ3n) is 2.79. The maximum absolute atomic E-state index is 9.16. The number of nitriles is 1. The number of nitrogen functional groups attached to an aromatic ring is 1. The van der Waals surface area contributed by atoms with Crippen LogP contribution in [0.2, 0.25) is 0 Å². The van der Waals surface area contributed by atoms with Gasteiger partial charge >= 0.3 is 0 Å². The second kappa shape index (κ2) is 5.22. The Morgan fingerprint density at radius 3 is 2.41 bits per heavy atom. The van der Waals surface area contributed by atoms with Crippen molar-refractivity contribution in [1.82, 2.24) is 9.78 Å². The summed E-state index contributed by atoms with van der Waals surface area (Å²) in [6, 6.07) is 2.17. The first-order valence-electron chi connectivity index (χ1n) is 6.18. The predicted molar refractivity (Wildman–Crippen MR) is 69.6 cm³/mol. The van der Waals surface area contributed by atoms with Crippen molar-refractivity contribution in [1.29, 1.82) is 5.26 Å². The monoisotopic (exact) mass is 234 g/mol. The summed E-state index contributed by atoms with van der Waals surface area (Å²) in [4.78, 5) is 0. The van der Waals surface area contributed by atoms with Gasteiger partial charge in [0.25, 0.3) is 0 Å². The van der Waals surface area contributed by atoms with Gasteiger partial charge in [0.1, 0.15) is 17.5 Å². The predicted octanol–water partition coefficient (Wildman–Crippen LogP) is 2.82. The second-order valence-corrected chi connectivity index (χ2v) is 5.40. The number of hydrogen-bond donors (Lipinski definition) is 1. The summed E-state index contributed by atoms with van der Waals surface area (Å²) in [6.45, 7) is 9.10. The molecule has 0 fully saturated rings. The summed E-state index contributed by atoms with van der Waals surface area (Å²) >= 11 is 0. The van der Waals surface area contributed by atoms with Gasteiger partial charge in [0.05, 0.1) is 5.69 Å². The number of hydrogen-bond acceptors (Lipinski definition) is 3. The molecule has 0 atom stereocenters. The van der Waals surface area contributed by atoms with E-state index in [0.717, 1.165) is 25.1 Å². The van der Waals surface area contributed by atoms with Gasteiger partial charge < -0.3 is 5.73 Å². The minimum atomic E-state index is -0.144. The molecule has 4 heteroatoms. The summed E-state index contributed by atoms with van der Waals surface area (Å²) in [5, 5.41) is 13.7. The van der Waals surface area contributed by atoms with Crippen LogP contribution in [0.5, 0.6) is 0 Å². The first-order valence-corrected chi connectivity index (χ1v) is 6.18. The largest absolute Gasteiger partial charge is 0.383 e. The van der Waals surface area contributed by atoms with Crippen LogP contribution in [-0.4, -0.2) is 9.78 Å². The molecular formula is C13H22N4.